The Balaban J connectivity index is 1.58. The van der Waals surface area contributed by atoms with E-state index in [-0.39, 0.29) is 6.04 Å². The van der Waals surface area contributed by atoms with Crippen LogP contribution in [-0.2, 0) is 13.1 Å². The normalized spacial score (nSPS) is 17.0. The van der Waals surface area contributed by atoms with Crippen molar-refractivity contribution < 1.29 is 9.47 Å². The zero-order valence-corrected chi connectivity index (χ0v) is 16.7. The molecule has 1 atom stereocenters. The first kappa shape index (κ1) is 17.9. The minimum Gasteiger partial charge on any atom is -0.497 e. The fourth-order valence-corrected chi connectivity index (χ4v) is 4.06. The van der Waals surface area contributed by atoms with Crippen LogP contribution in [0.2, 0.25) is 0 Å². The van der Waals surface area contributed by atoms with Gasteiger partial charge in [0.15, 0.2) is 16.7 Å². The second-order valence-corrected chi connectivity index (χ2v) is 7.26. The van der Waals surface area contributed by atoms with Crippen molar-refractivity contribution in [2.75, 3.05) is 20.8 Å². The summed E-state index contributed by atoms with van der Waals surface area (Å²) in [5.41, 5.74) is 1.12. The summed E-state index contributed by atoms with van der Waals surface area (Å²) in [5, 5.41) is 9.65. The molecular formula is C18H22N6O2S. The van der Waals surface area contributed by atoms with E-state index >= 15 is 0 Å². The molecule has 1 aliphatic rings. The lowest BCUT2D eigenvalue weighted by Crippen LogP contribution is -2.36. The fraction of sp³-hybridized carbons (Fsp3) is 0.444. The molecule has 2 aromatic heterocycles. The van der Waals surface area contributed by atoms with Crippen LogP contribution in [0.4, 0.5) is 0 Å². The maximum Gasteiger partial charge on any atom is 0.194 e. The zero-order valence-electron chi connectivity index (χ0n) is 15.8. The molecule has 9 heteroatoms. The average Bonchev–Trinajstić information content (AvgIpc) is 3.30. The van der Waals surface area contributed by atoms with Gasteiger partial charge in [-0.2, -0.15) is 4.37 Å². The summed E-state index contributed by atoms with van der Waals surface area (Å²) in [6, 6.07) is 6.08. The molecule has 0 saturated heterocycles. The molecule has 0 fully saturated rings. The van der Waals surface area contributed by atoms with E-state index < -0.39 is 0 Å². The number of rotatable bonds is 5. The minimum absolute atomic E-state index is 0.140. The molecule has 3 aromatic rings. The smallest absolute Gasteiger partial charge is 0.194 e. The van der Waals surface area contributed by atoms with Gasteiger partial charge in [-0.15, -0.1) is 10.2 Å². The standard InChI is InChI=1S/C18H22N6O2S/c1-11-16-20-21-17(18-19-12(2)22-27-18)24(16)8-7-23(11)10-13-5-6-14(25-3)9-15(13)26-4/h5-6,9,11H,7-8,10H2,1-4H3. The van der Waals surface area contributed by atoms with Crippen molar-refractivity contribution in [3.05, 3.63) is 35.4 Å². The molecule has 0 spiro atoms. The van der Waals surface area contributed by atoms with Crippen LogP contribution in [0.3, 0.4) is 0 Å². The number of benzene rings is 1. The van der Waals surface area contributed by atoms with Crippen LogP contribution in [0.15, 0.2) is 18.2 Å². The van der Waals surface area contributed by atoms with Crippen LogP contribution in [-0.4, -0.2) is 49.8 Å². The highest BCUT2D eigenvalue weighted by Gasteiger charge is 2.30. The van der Waals surface area contributed by atoms with Gasteiger partial charge in [0.1, 0.15) is 17.3 Å². The Labute approximate surface area is 161 Å². The maximum atomic E-state index is 5.54. The summed E-state index contributed by atoms with van der Waals surface area (Å²) in [7, 11) is 3.34. The van der Waals surface area contributed by atoms with E-state index in [9.17, 15) is 0 Å². The van der Waals surface area contributed by atoms with Gasteiger partial charge < -0.3 is 14.0 Å². The van der Waals surface area contributed by atoms with Crippen molar-refractivity contribution in [1.82, 2.24) is 29.0 Å². The summed E-state index contributed by atoms with van der Waals surface area (Å²) < 4.78 is 17.3. The number of aromatic nitrogens is 5. The molecule has 4 rings (SSSR count). The van der Waals surface area contributed by atoms with Gasteiger partial charge in [0.2, 0.25) is 0 Å². The van der Waals surface area contributed by atoms with E-state index in [4.69, 9.17) is 9.47 Å². The average molecular weight is 386 g/mol. The van der Waals surface area contributed by atoms with Crippen molar-refractivity contribution in [3.8, 4) is 22.3 Å². The summed E-state index contributed by atoms with van der Waals surface area (Å²) in [6.45, 7) is 6.53. The molecule has 1 aromatic carbocycles. The highest BCUT2D eigenvalue weighted by Crippen LogP contribution is 2.32. The molecule has 142 valence electrons. The number of nitrogens with zero attached hydrogens (tertiary/aromatic N) is 6. The van der Waals surface area contributed by atoms with Gasteiger partial charge in [0, 0.05) is 31.3 Å². The number of hydrogen-bond acceptors (Lipinski definition) is 8. The first-order valence-corrected chi connectivity index (χ1v) is 9.56. The molecule has 0 saturated carbocycles. The number of ether oxygens (including phenoxy) is 2. The quantitative estimate of drug-likeness (QED) is 0.667. The first-order valence-electron chi connectivity index (χ1n) is 8.79. The van der Waals surface area contributed by atoms with Crippen molar-refractivity contribution in [2.45, 2.75) is 33.0 Å². The molecule has 0 aliphatic carbocycles. The van der Waals surface area contributed by atoms with Gasteiger partial charge in [-0.25, -0.2) is 4.98 Å². The highest BCUT2D eigenvalue weighted by molar-refractivity contribution is 7.09. The summed E-state index contributed by atoms with van der Waals surface area (Å²) >= 11 is 1.37. The molecule has 1 unspecified atom stereocenters. The lowest BCUT2D eigenvalue weighted by atomic mass is 10.1. The Morgan fingerprint density at radius 1 is 1.19 bits per heavy atom. The number of fused-ring (bicyclic) bond motifs is 1. The van der Waals surface area contributed by atoms with E-state index in [1.165, 1.54) is 11.5 Å². The number of hydrogen-bond donors (Lipinski definition) is 0. The van der Waals surface area contributed by atoms with Crippen LogP contribution < -0.4 is 9.47 Å². The SMILES string of the molecule is COc1ccc(CN2CCn3c(-c4nc(C)ns4)nnc3C2C)c(OC)c1. The summed E-state index contributed by atoms with van der Waals surface area (Å²) in [4.78, 5) is 6.83. The van der Waals surface area contributed by atoms with Crippen molar-refractivity contribution in [2.24, 2.45) is 0 Å². The predicted octanol–water partition coefficient (Wildman–Crippen LogP) is 2.70. The number of aryl methyl sites for hydroxylation is 1. The molecule has 8 nitrogen and oxygen atoms in total. The van der Waals surface area contributed by atoms with E-state index in [2.05, 4.69) is 42.0 Å². The van der Waals surface area contributed by atoms with Crippen LogP contribution in [0.25, 0.3) is 10.8 Å². The Morgan fingerprint density at radius 3 is 2.74 bits per heavy atom. The lowest BCUT2D eigenvalue weighted by Gasteiger charge is -2.33. The van der Waals surface area contributed by atoms with Gasteiger partial charge in [-0.3, -0.25) is 4.90 Å². The molecule has 3 heterocycles. The Morgan fingerprint density at radius 2 is 2.04 bits per heavy atom. The largest absolute Gasteiger partial charge is 0.497 e. The van der Waals surface area contributed by atoms with E-state index in [1.54, 1.807) is 14.2 Å². The molecule has 27 heavy (non-hydrogen) atoms. The van der Waals surface area contributed by atoms with Gasteiger partial charge in [0.05, 0.1) is 20.3 Å². The van der Waals surface area contributed by atoms with Gasteiger partial charge >= 0.3 is 0 Å². The number of methoxy groups -OCH3 is 2. The van der Waals surface area contributed by atoms with E-state index in [0.29, 0.717) is 0 Å². The molecule has 1 aliphatic heterocycles. The van der Waals surface area contributed by atoms with Gasteiger partial charge in [-0.05, 0) is 31.4 Å². The minimum atomic E-state index is 0.140. The third kappa shape index (κ3) is 3.28. The van der Waals surface area contributed by atoms with Crippen LogP contribution >= 0.6 is 11.5 Å². The first-order chi connectivity index (χ1) is 13.1. The predicted molar refractivity (Wildman–Crippen MR) is 102 cm³/mol. The molecular weight excluding hydrogens is 364 g/mol. The summed E-state index contributed by atoms with van der Waals surface area (Å²) in [5.74, 6) is 4.16. The summed E-state index contributed by atoms with van der Waals surface area (Å²) in [6.07, 6.45) is 0. The third-order valence-electron chi connectivity index (χ3n) is 4.90. The van der Waals surface area contributed by atoms with Crippen molar-refractivity contribution in [3.63, 3.8) is 0 Å². The van der Waals surface area contributed by atoms with Gasteiger partial charge in [-0.1, -0.05) is 6.07 Å². The van der Waals surface area contributed by atoms with E-state index in [1.807, 2.05) is 19.1 Å². The second-order valence-electron chi connectivity index (χ2n) is 6.50. The molecule has 0 amide bonds. The molecule has 0 radical (unpaired) electrons. The van der Waals surface area contributed by atoms with Crippen LogP contribution in [0, 0.1) is 6.92 Å². The van der Waals surface area contributed by atoms with Gasteiger partial charge in [0.25, 0.3) is 0 Å². The third-order valence-corrected chi connectivity index (χ3v) is 5.70. The highest BCUT2D eigenvalue weighted by atomic mass is 32.1. The molecule has 0 bridgehead atoms. The Kier molecular flexibility index (Phi) is 4.79. The monoisotopic (exact) mass is 386 g/mol. The van der Waals surface area contributed by atoms with Crippen LogP contribution in [0.5, 0.6) is 11.5 Å². The topological polar surface area (TPSA) is 78.2 Å². The van der Waals surface area contributed by atoms with Crippen molar-refractivity contribution >= 4 is 11.5 Å². The maximum absolute atomic E-state index is 5.54. The lowest BCUT2D eigenvalue weighted by molar-refractivity contribution is 0.155. The van der Waals surface area contributed by atoms with Crippen molar-refractivity contribution in [1.29, 1.82) is 0 Å². The molecule has 0 N–H and O–H groups in total. The Bertz CT molecular complexity index is 953. The zero-order chi connectivity index (χ0) is 19.0. The Hall–Kier alpha value is -2.52. The van der Waals surface area contributed by atoms with E-state index in [0.717, 1.165) is 59.2 Å². The second kappa shape index (κ2) is 7.24. The fourth-order valence-electron chi connectivity index (χ4n) is 3.39. The van der Waals surface area contributed by atoms with Crippen LogP contribution in [0.1, 0.15) is 30.2 Å².